The van der Waals surface area contributed by atoms with Gasteiger partial charge in [0.05, 0.1) is 20.8 Å². The molecular formula is C30H33N5O6. The summed E-state index contributed by atoms with van der Waals surface area (Å²) in [5, 5.41) is 15.8. The first-order chi connectivity index (χ1) is 19.9. The van der Waals surface area contributed by atoms with E-state index < -0.39 is 11.6 Å². The lowest BCUT2D eigenvalue weighted by atomic mass is 9.85. The highest BCUT2D eigenvalue weighted by atomic mass is 16.5. The number of methoxy groups -OCH3 is 2. The minimum Gasteiger partial charge on any atom is -0.494 e. The Morgan fingerprint density at radius 2 is 1.88 bits per heavy atom. The van der Waals surface area contributed by atoms with Gasteiger partial charge in [-0.15, -0.1) is 0 Å². The Bertz CT molecular complexity index is 1440. The number of nitrogens with zero attached hydrogens (tertiary/aromatic N) is 4. The van der Waals surface area contributed by atoms with Crippen molar-refractivity contribution in [2.24, 2.45) is 10.1 Å². The van der Waals surface area contributed by atoms with Crippen molar-refractivity contribution >= 4 is 17.5 Å². The molecule has 41 heavy (non-hydrogen) atoms. The third-order valence-electron chi connectivity index (χ3n) is 6.83. The standard InChI is InChI=1S/C30H33N5O6/c1-20-30(18-23-7-4-5-8-25(23)34-35-31,29(37)32-19-21-9-14-26(38-2)27(17-21)39-3)33-28(41-20)22-10-12-24(13-11-22)40-16-6-15-36/h4-5,7-14,17,20,36H,6,15-16,18-19H2,1-3H3,(H,32,37)/t20-,30-/m1/s1. The molecule has 1 amide bonds. The fourth-order valence-corrected chi connectivity index (χ4v) is 4.57. The van der Waals surface area contributed by atoms with Crippen LogP contribution < -0.4 is 19.5 Å². The van der Waals surface area contributed by atoms with Crippen LogP contribution >= 0.6 is 0 Å². The number of hydrogen-bond donors (Lipinski definition) is 2. The van der Waals surface area contributed by atoms with Gasteiger partial charge in [-0.2, -0.15) is 0 Å². The molecule has 3 aromatic carbocycles. The Kier molecular flexibility index (Phi) is 9.68. The zero-order valence-corrected chi connectivity index (χ0v) is 23.2. The topological polar surface area (TPSA) is 147 Å². The number of carbonyl (C=O) groups excluding carboxylic acids is 1. The van der Waals surface area contributed by atoms with Crippen LogP contribution in [0, 0.1) is 0 Å². The third-order valence-corrected chi connectivity index (χ3v) is 6.83. The number of azide groups is 1. The van der Waals surface area contributed by atoms with Crippen LogP contribution in [0.1, 0.15) is 30.0 Å². The summed E-state index contributed by atoms with van der Waals surface area (Å²) in [4.78, 5) is 21.8. The molecule has 0 radical (unpaired) electrons. The van der Waals surface area contributed by atoms with Crippen molar-refractivity contribution in [3.05, 3.63) is 93.9 Å². The number of aliphatic hydroxyl groups excluding tert-OH is 1. The number of benzene rings is 3. The van der Waals surface area contributed by atoms with E-state index in [1.165, 1.54) is 0 Å². The van der Waals surface area contributed by atoms with E-state index in [2.05, 4.69) is 15.3 Å². The summed E-state index contributed by atoms with van der Waals surface area (Å²) >= 11 is 0. The predicted octanol–water partition coefficient (Wildman–Crippen LogP) is 4.87. The number of ether oxygens (including phenoxy) is 4. The molecule has 1 aliphatic rings. The molecule has 0 unspecified atom stereocenters. The van der Waals surface area contributed by atoms with Crippen LogP contribution in [-0.4, -0.2) is 56.0 Å². The van der Waals surface area contributed by atoms with Crippen LogP contribution in [0.2, 0.25) is 0 Å². The molecular weight excluding hydrogens is 526 g/mol. The Hall–Kier alpha value is -4.73. The van der Waals surface area contributed by atoms with Crippen LogP contribution in [0.25, 0.3) is 10.4 Å². The maximum atomic E-state index is 14.0. The molecule has 3 aromatic rings. The second kappa shape index (κ2) is 13.6. The van der Waals surface area contributed by atoms with Gasteiger partial charge in [0.15, 0.2) is 17.0 Å². The average Bonchev–Trinajstić information content (AvgIpc) is 3.33. The lowest BCUT2D eigenvalue weighted by molar-refractivity contribution is -0.128. The minimum absolute atomic E-state index is 0.0551. The summed E-state index contributed by atoms with van der Waals surface area (Å²) in [5.74, 6) is 1.77. The van der Waals surface area contributed by atoms with Crippen molar-refractivity contribution in [2.45, 2.75) is 38.0 Å². The number of carbonyl (C=O) groups is 1. The summed E-state index contributed by atoms with van der Waals surface area (Å²) in [7, 11) is 3.12. The number of nitrogens with one attached hydrogen (secondary N) is 1. The average molecular weight is 560 g/mol. The van der Waals surface area contributed by atoms with Gasteiger partial charge in [0.2, 0.25) is 5.90 Å². The van der Waals surface area contributed by atoms with E-state index in [1.807, 2.05) is 30.3 Å². The first-order valence-corrected chi connectivity index (χ1v) is 13.2. The molecule has 0 saturated carbocycles. The summed E-state index contributed by atoms with van der Waals surface area (Å²) in [6.07, 6.45) is 0.0443. The minimum atomic E-state index is -1.34. The van der Waals surface area contributed by atoms with Gasteiger partial charge in [0.25, 0.3) is 5.91 Å². The number of aliphatic imine (C=N–C) groups is 1. The summed E-state index contributed by atoms with van der Waals surface area (Å²) in [6.45, 7) is 2.48. The second-order valence-electron chi connectivity index (χ2n) is 9.42. The molecule has 1 aliphatic heterocycles. The lowest BCUT2D eigenvalue weighted by Crippen LogP contribution is -2.52. The van der Waals surface area contributed by atoms with Crippen LogP contribution in [0.5, 0.6) is 17.2 Å². The van der Waals surface area contributed by atoms with E-state index in [9.17, 15) is 4.79 Å². The van der Waals surface area contributed by atoms with E-state index in [0.717, 1.165) is 5.56 Å². The van der Waals surface area contributed by atoms with Crippen LogP contribution in [0.3, 0.4) is 0 Å². The first-order valence-electron chi connectivity index (χ1n) is 13.2. The second-order valence-corrected chi connectivity index (χ2v) is 9.42. The molecule has 0 aliphatic carbocycles. The molecule has 0 bridgehead atoms. The maximum absolute atomic E-state index is 14.0. The van der Waals surface area contributed by atoms with Gasteiger partial charge >= 0.3 is 0 Å². The highest BCUT2D eigenvalue weighted by Crippen LogP contribution is 2.35. The first kappa shape index (κ1) is 29.3. The van der Waals surface area contributed by atoms with Gasteiger partial charge in [-0.05, 0) is 60.0 Å². The van der Waals surface area contributed by atoms with Crippen molar-refractivity contribution < 1.29 is 28.8 Å². The zero-order valence-electron chi connectivity index (χ0n) is 23.2. The monoisotopic (exact) mass is 559 g/mol. The largest absolute Gasteiger partial charge is 0.494 e. The van der Waals surface area contributed by atoms with E-state index in [1.54, 1.807) is 57.5 Å². The molecule has 2 atom stereocenters. The van der Waals surface area contributed by atoms with Crippen molar-refractivity contribution in [1.82, 2.24) is 5.32 Å². The van der Waals surface area contributed by atoms with Crippen molar-refractivity contribution in [1.29, 1.82) is 0 Å². The normalized spacial score (nSPS) is 17.6. The highest BCUT2D eigenvalue weighted by molar-refractivity contribution is 6.01. The van der Waals surface area contributed by atoms with Gasteiger partial charge in [-0.25, -0.2) is 4.99 Å². The highest BCUT2D eigenvalue weighted by Gasteiger charge is 2.50. The SMILES string of the molecule is COc1ccc(CNC(=O)[C@]2(Cc3ccccc3N=[N+]=[N-])N=C(c3ccc(OCCCO)cc3)O[C@@H]2C)cc1OC. The van der Waals surface area contributed by atoms with Crippen LogP contribution in [-0.2, 0) is 22.5 Å². The number of hydrogen-bond acceptors (Lipinski definition) is 8. The molecule has 11 heteroatoms. The summed E-state index contributed by atoms with van der Waals surface area (Å²) in [5.41, 5.74) is 10.3. The van der Waals surface area contributed by atoms with E-state index >= 15 is 0 Å². The summed E-state index contributed by atoms with van der Waals surface area (Å²) in [6, 6.07) is 19.7. The van der Waals surface area contributed by atoms with Crippen molar-refractivity contribution in [3.63, 3.8) is 0 Å². The molecule has 4 rings (SSSR count). The van der Waals surface area contributed by atoms with E-state index in [-0.39, 0.29) is 25.5 Å². The fraction of sp³-hybridized carbons (Fsp3) is 0.333. The van der Waals surface area contributed by atoms with Gasteiger partial charge in [-0.3, -0.25) is 4.79 Å². The molecule has 1 heterocycles. The van der Waals surface area contributed by atoms with Crippen LogP contribution in [0.4, 0.5) is 5.69 Å². The van der Waals surface area contributed by atoms with Gasteiger partial charge in [0.1, 0.15) is 11.9 Å². The van der Waals surface area contributed by atoms with Crippen molar-refractivity contribution in [3.8, 4) is 17.2 Å². The quantitative estimate of drug-likeness (QED) is 0.132. The molecule has 0 saturated heterocycles. The maximum Gasteiger partial charge on any atom is 0.252 e. The lowest BCUT2D eigenvalue weighted by Gasteiger charge is -2.28. The van der Waals surface area contributed by atoms with E-state index in [0.29, 0.717) is 53.0 Å². The van der Waals surface area contributed by atoms with Crippen LogP contribution in [0.15, 0.2) is 76.8 Å². The van der Waals surface area contributed by atoms with Gasteiger partial charge < -0.3 is 29.4 Å². The molecule has 2 N–H and O–H groups in total. The van der Waals surface area contributed by atoms with E-state index in [4.69, 9.17) is 34.6 Å². The molecule has 0 aromatic heterocycles. The third kappa shape index (κ3) is 6.71. The smallest absolute Gasteiger partial charge is 0.252 e. The summed E-state index contributed by atoms with van der Waals surface area (Å²) < 4.78 is 22.5. The molecule has 11 nitrogen and oxygen atoms in total. The van der Waals surface area contributed by atoms with Crippen molar-refractivity contribution in [2.75, 3.05) is 27.4 Å². The Morgan fingerprint density at radius 3 is 2.59 bits per heavy atom. The van der Waals surface area contributed by atoms with Gasteiger partial charge in [0, 0.05) is 42.2 Å². The predicted molar refractivity (Wildman–Crippen MR) is 154 cm³/mol. The Labute approximate surface area is 238 Å². The molecule has 0 fully saturated rings. The fourth-order valence-electron chi connectivity index (χ4n) is 4.57. The Balaban J connectivity index is 1.65. The number of amides is 1. The Morgan fingerprint density at radius 1 is 1.12 bits per heavy atom. The molecule has 0 spiro atoms. The number of aliphatic hydroxyl groups is 1. The zero-order chi connectivity index (χ0) is 29.2. The van der Waals surface area contributed by atoms with Gasteiger partial charge in [-0.1, -0.05) is 35.4 Å². The molecule has 214 valence electrons. The number of rotatable bonds is 13.